The van der Waals surface area contributed by atoms with Gasteiger partial charge in [0.05, 0.1) is 17.9 Å². The first-order valence-corrected chi connectivity index (χ1v) is 7.43. The normalized spacial score (nSPS) is 19.3. The molecular formula is C12H14N6OS. The molecule has 0 radical (unpaired) electrons. The molecule has 2 aromatic rings. The number of nitrogens with zero attached hydrogens (tertiary/aromatic N) is 5. The van der Waals surface area contributed by atoms with Crippen LogP contribution in [0.1, 0.15) is 6.04 Å². The second-order valence-corrected chi connectivity index (χ2v) is 5.81. The molecule has 104 valence electrons. The van der Waals surface area contributed by atoms with Crippen molar-refractivity contribution in [2.45, 2.75) is 6.04 Å². The Hall–Kier alpha value is -2.09. The fourth-order valence-corrected chi connectivity index (χ4v) is 3.20. The highest BCUT2D eigenvalue weighted by Gasteiger charge is 2.31. The maximum absolute atomic E-state index is 11.6. The molecule has 0 aliphatic carbocycles. The average molecular weight is 290 g/mol. The Morgan fingerprint density at radius 3 is 3.00 bits per heavy atom. The first kappa shape index (κ1) is 11.7. The van der Waals surface area contributed by atoms with E-state index in [-0.39, 0.29) is 6.03 Å². The number of amides is 2. The Morgan fingerprint density at radius 1 is 1.40 bits per heavy atom. The van der Waals surface area contributed by atoms with Crippen LogP contribution in [0.2, 0.25) is 0 Å². The molecule has 0 atom stereocenters. The molecule has 2 amide bonds. The number of rotatable bonds is 3. The minimum Gasteiger partial charge on any atom is -0.344 e. The maximum atomic E-state index is 11.6. The van der Waals surface area contributed by atoms with Crippen molar-refractivity contribution in [2.75, 3.05) is 36.0 Å². The first-order chi connectivity index (χ1) is 9.81. The summed E-state index contributed by atoms with van der Waals surface area (Å²) in [6.07, 6.45) is 5.54. The topological polar surface area (TPSA) is 66.3 Å². The van der Waals surface area contributed by atoms with Crippen LogP contribution in [0.4, 0.5) is 15.6 Å². The standard InChI is InChI=1S/C12H14N6OS/c19-11-13-1-3-17(11)9-5-15-18(8-9)10-6-16(7-10)12-14-2-4-20-12/h2,4-5,8,10H,1,3,6-7H2,(H,13,19). The molecule has 0 spiro atoms. The predicted molar refractivity (Wildman–Crippen MR) is 76.3 cm³/mol. The summed E-state index contributed by atoms with van der Waals surface area (Å²) in [6, 6.07) is 0.320. The molecule has 8 heteroatoms. The largest absolute Gasteiger partial charge is 0.344 e. The van der Waals surface area contributed by atoms with Crippen LogP contribution in [-0.4, -0.2) is 47.0 Å². The third-order valence-electron chi connectivity index (χ3n) is 3.68. The smallest absolute Gasteiger partial charge is 0.322 e. The Balaban J connectivity index is 1.44. The molecule has 4 rings (SSSR count). The van der Waals surface area contributed by atoms with Gasteiger partial charge in [-0.2, -0.15) is 5.10 Å². The van der Waals surface area contributed by atoms with Crippen LogP contribution in [0, 0.1) is 0 Å². The van der Waals surface area contributed by atoms with Crippen molar-refractivity contribution >= 4 is 28.2 Å². The third kappa shape index (κ3) is 1.83. The molecule has 0 aromatic carbocycles. The fourth-order valence-electron chi connectivity index (χ4n) is 2.54. The number of carbonyl (C=O) groups excluding carboxylic acids is 1. The van der Waals surface area contributed by atoms with Gasteiger partial charge in [0, 0.05) is 44.0 Å². The molecule has 2 saturated heterocycles. The van der Waals surface area contributed by atoms with Crippen molar-refractivity contribution in [3.63, 3.8) is 0 Å². The van der Waals surface area contributed by atoms with E-state index >= 15 is 0 Å². The maximum Gasteiger partial charge on any atom is 0.322 e. The Kier molecular flexibility index (Phi) is 2.62. The molecule has 2 aliphatic heterocycles. The highest BCUT2D eigenvalue weighted by molar-refractivity contribution is 7.13. The molecule has 20 heavy (non-hydrogen) atoms. The summed E-state index contributed by atoms with van der Waals surface area (Å²) >= 11 is 1.65. The van der Waals surface area contributed by atoms with Crippen LogP contribution < -0.4 is 15.1 Å². The van der Waals surface area contributed by atoms with E-state index in [9.17, 15) is 4.79 Å². The zero-order valence-corrected chi connectivity index (χ0v) is 11.6. The Labute approximate surface area is 119 Å². The summed E-state index contributed by atoms with van der Waals surface area (Å²) in [6.45, 7) is 3.24. The van der Waals surface area contributed by atoms with Crippen molar-refractivity contribution in [3.8, 4) is 0 Å². The van der Waals surface area contributed by atoms with Gasteiger partial charge < -0.3 is 10.2 Å². The van der Waals surface area contributed by atoms with Crippen LogP contribution in [-0.2, 0) is 0 Å². The quantitative estimate of drug-likeness (QED) is 0.913. The summed E-state index contributed by atoms with van der Waals surface area (Å²) in [7, 11) is 0. The summed E-state index contributed by atoms with van der Waals surface area (Å²) in [5.41, 5.74) is 0.868. The van der Waals surface area contributed by atoms with E-state index in [1.54, 1.807) is 22.4 Å². The monoisotopic (exact) mass is 290 g/mol. The first-order valence-electron chi connectivity index (χ1n) is 6.55. The summed E-state index contributed by atoms with van der Waals surface area (Å²) < 4.78 is 1.95. The van der Waals surface area contributed by atoms with E-state index in [1.807, 2.05) is 22.5 Å². The van der Waals surface area contributed by atoms with Crippen LogP contribution in [0.3, 0.4) is 0 Å². The van der Waals surface area contributed by atoms with Crippen LogP contribution in [0.25, 0.3) is 0 Å². The molecule has 7 nitrogen and oxygen atoms in total. The second kappa shape index (κ2) is 4.48. The Morgan fingerprint density at radius 2 is 2.30 bits per heavy atom. The van der Waals surface area contributed by atoms with Gasteiger partial charge >= 0.3 is 6.03 Å². The van der Waals surface area contributed by atoms with Gasteiger partial charge in [-0.3, -0.25) is 9.58 Å². The molecule has 4 heterocycles. The van der Waals surface area contributed by atoms with Crippen molar-refractivity contribution in [1.82, 2.24) is 20.1 Å². The molecule has 2 aromatic heterocycles. The van der Waals surface area contributed by atoms with Gasteiger partial charge in [-0.05, 0) is 0 Å². The highest BCUT2D eigenvalue weighted by Crippen LogP contribution is 2.29. The van der Waals surface area contributed by atoms with Crippen molar-refractivity contribution in [2.24, 2.45) is 0 Å². The minimum atomic E-state index is -0.0393. The van der Waals surface area contributed by atoms with E-state index in [1.165, 1.54) is 0 Å². The number of aromatic nitrogens is 3. The van der Waals surface area contributed by atoms with E-state index in [0.29, 0.717) is 19.1 Å². The SMILES string of the molecule is O=C1NCCN1c1cnn(C2CN(c3nccs3)C2)c1. The van der Waals surface area contributed by atoms with Crippen LogP contribution >= 0.6 is 11.3 Å². The lowest BCUT2D eigenvalue weighted by Gasteiger charge is -2.38. The lowest BCUT2D eigenvalue weighted by Crippen LogP contribution is -2.48. The molecule has 2 aliphatic rings. The fraction of sp³-hybridized carbons (Fsp3) is 0.417. The summed E-state index contributed by atoms with van der Waals surface area (Å²) in [5.74, 6) is 0. The number of urea groups is 1. The van der Waals surface area contributed by atoms with Crippen molar-refractivity contribution < 1.29 is 4.79 Å². The zero-order chi connectivity index (χ0) is 13.5. The molecule has 0 bridgehead atoms. The van der Waals surface area contributed by atoms with Crippen LogP contribution in [0.15, 0.2) is 24.0 Å². The van der Waals surface area contributed by atoms with Crippen molar-refractivity contribution in [3.05, 3.63) is 24.0 Å². The van der Waals surface area contributed by atoms with Gasteiger partial charge in [0.1, 0.15) is 0 Å². The van der Waals surface area contributed by atoms with Gasteiger partial charge in [-0.15, -0.1) is 11.3 Å². The highest BCUT2D eigenvalue weighted by atomic mass is 32.1. The van der Waals surface area contributed by atoms with Crippen molar-refractivity contribution in [1.29, 1.82) is 0 Å². The number of anilines is 2. The average Bonchev–Trinajstić information content (AvgIpc) is 3.07. The Bertz CT molecular complexity index is 618. The van der Waals surface area contributed by atoms with Gasteiger partial charge in [0.25, 0.3) is 0 Å². The van der Waals surface area contributed by atoms with Crippen LogP contribution in [0.5, 0.6) is 0 Å². The summed E-state index contributed by atoms with van der Waals surface area (Å²) in [5, 5.41) is 10.2. The van der Waals surface area contributed by atoms with Gasteiger partial charge in [0.2, 0.25) is 0 Å². The molecule has 0 unspecified atom stereocenters. The predicted octanol–water partition coefficient (Wildman–Crippen LogP) is 0.930. The number of thiazole rings is 1. The second-order valence-electron chi connectivity index (χ2n) is 4.94. The summed E-state index contributed by atoms with van der Waals surface area (Å²) in [4.78, 5) is 19.9. The van der Waals surface area contributed by atoms with Gasteiger partial charge in [-0.25, -0.2) is 9.78 Å². The van der Waals surface area contributed by atoms with E-state index < -0.39 is 0 Å². The minimum absolute atomic E-state index is 0.0393. The van der Waals surface area contributed by atoms with E-state index in [2.05, 4.69) is 20.3 Å². The van der Waals surface area contributed by atoms with E-state index in [4.69, 9.17) is 0 Å². The number of hydrogen-bond acceptors (Lipinski definition) is 5. The lowest BCUT2D eigenvalue weighted by atomic mass is 10.1. The molecule has 2 fully saturated rings. The van der Waals surface area contributed by atoms with E-state index in [0.717, 1.165) is 23.9 Å². The van der Waals surface area contributed by atoms with Gasteiger partial charge in [-0.1, -0.05) is 0 Å². The molecule has 1 N–H and O–H groups in total. The third-order valence-corrected chi connectivity index (χ3v) is 4.51. The number of carbonyl (C=O) groups is 1. The number of hydrogen-bond donors (Lipinski definition) is 1. The lowest BCUT2D eigenvalue weighted by molar-refractivity contribution is 0.252. The molecular weight excluding hydrogens is 276 g/mol. The molecule has 0 saturated carbocycles. The number of nitrogens with one attached hydrogen (secondary N) is 1. The van der Waals surface area contributed by atoms with Gasteiger partial charge in [0.15, 0.2) is 5.13 Å². The zero-order valence-electron chi connectivity index (χ0n) is 10.8.